The number of hydrogen-bond acceptors (Lipinski definition) is 4. The average molecular weight is 372 g/mol. The summed E-state index contributed by atoms with van der Waals surface area (Å²) in [7, 11) is 1.48. The Morgan fingerprint density at radius 2 is 2.00 bits per heavy atom. The summed E-state index contributed by atoms with van der Waals surface area (Å²) in [4.78, 5) is 26.0. The SMILES string of the molecule is COCC(=O)N1CCCc2ccc(NC(=O)COc3ccccc3F)cc21. The van der Waals surface area contributed by atoms with Crippen LogP contribution in [0.5, 0.6) is 5.75 Å². The van der Waals surface area contributed by atoms with E-state index in [1.807, 2.05) is 6.07 Å². The van der Waals surface area contributed by atoms with Gasteiger partial charge in [-0.2, -0.15) is 0 Å². The van der Waals surface area contributed by atoms with Crippen molar-refractivity contribution in [3.05, 3.63) is 53.8 Å². The Hall–Kier alpha value is -2.93. The number of anilines is 2. The minimum atomic E-state index is -0.522. The van der Waals surface area contributed by atoms with E-state index in [1.165, 1.54) is 19.2 Å². The van der Waals surface area contributed by atoms with E-state index in [1.54, 1.807) is 29.2 Å². The molecule has 0 saturated heterocycles. The largest absolute Gasteiger partial charge is 0.481 e. The van der Waals surface area contributed by atoms with Gasteiger partial charge in [0.2, 0.25) is 0 Å². The highest BCUT2D eigenvalue weighted by Crippen LogP contribution is 2.30. The minimum Gasteiger partial charge on any atom is -0.481 e. The second kappa shape index (κ2) is 8.64. The number of benzene rings is 2. The molecule has 2 aromatic rings. The number of nitrogens with one attached hydrogen (secondary N) is 1. The molecule has 1 heterocycles. The molecule has 0 radical (unpaired) electrons. The Labute approximate surface area is 156 Å². The van der Waals surface area contributed by atoms with Crippen molar-refractivity contribution >= 4 is 23.2 Å². The van der Waals surface area contributed by atoms with E-state index in [4.69, 9.17) is 9.47 Å². The number of para-hydroxylation sites is 1. The van der Waals surface area contributed by atoms with E-state index < -0.39 is 11.7 Å². The number of nitrogens with zero attached hydrogens (tertiary/aromatic N) is 1. The zero-order valence-electron chi connectivity index (χ0n) is 15.0. The number of carbonyl (C=O) groups excluding carboxylic acids is 2. The molecule has 142 valence electrons. The second-order valence-electron chi connectivity index (χ2n) is 6.19. The molecule has 0 unspecified atom stereocenters. The van der Waals surface area contributed by atoms with Crippen molar-refractivity contribution in [1.82, 2.24) is 0 Å². The van der Waals surface area contributed by atoms with Gasteiger partial charge in [0.05, 0.1) is 0 Å². The van der Waals surface area contributed by atoms with Crippen LogP contribution in [0.1, 0.15) is 12.0 Å². The zero-order valence-corrected chi connectivity index (χ0v) is 15.0. The molecule has 27 heavy (non-hydrogen) atoms. The van der Waals surface area contributed by atoms with Crippen LogP contribution in [0.25, 0.3) is 0 Å². The van der Waals surface area contributed by atoms with Gasteiger partial charge in [-0.1, -0.05) is 18.2 Å². The van der Waals surface area contributed by atoms with E-state index in [0.717, 1.165) is 24.1 Å². The molecule has 0 spiro atoms. The highest BCUT2D eigenvalue weighted by Gasteiger charge is 2.23. The number of amides is 2. The molecule has 1 aliphatic rings. The van der Waals surface area contributed by atoms with Crippen molar-refractivity contribution in [2.45, 2.75) is 12.8 Å². The molecule has 0 aromatic heterocycles. The number of carbonyl (C=O) groups is 2. The van der Waals surface area contributed by atoms with Gasteiger partial charge in [-0.15, -0.1) is 0 Å². The van der Waals surface area contributed by atoms with Crippen molar-refractivity contribution in [3.63, 3.8) is 0 Å². The van der Waals surface area contributed by atoms with E-state index in [-0.39, 0.29) is 24.9 Å². The lowest BCUT2D eigenvalue weighted by Gasteiger charge is -2.29. The van der Waals surface area contributed by atoms with Crippen molar-refractivity contribution in [3.8, 4) is 5.75 Å². The lowest BCUT2D eigenvalue weighted by Crippen LogP contribution is -2.37. The predicted octanol–water partition coefficient (Wildman–Crippen LogP) is 2.77. The summed E-state index contributed by atoms with van der Waals surface area (Å²) >= 11 is 0. The van der Waals surface area contributed by atoms with Gasteiger partial charge >= 0.3 is 0 Å². The third-order valence-electron chi connectivity index (χ3n) is 4.25. The Kier molecular flexibility index (Phi) is 6.03. The first kappa shape index (κ1) is 18.8. The molecular formula is C20H21FN2O4. The maximum atomic E-state index is 13.5. The number of hydrogen-bond donors (Lipinski definition) is 1. The molecule has 3 rings (SSSR count). The van der Waals surface area contributed by atoms with Gasteiger partial charge in [0.15, 0.2) is 18.2 Å². The van der Waals surface area contributed by atoms with Crippen molar-refractivity contribution in [2.24, 2.45) is 0 Å². The quantitative estimate of drug-likeness (QED) is 0.847. The minimum absolute atomic E-state index is 0.00645. The summed E-state index contributed by atoms with van der Waals surface area (Å²) in [5.41, 5.74) is 2.37. The van der Waals surface area contributed by atoms with Crippen LogP contribution in [0.15, 0.2) is 42.5 Å². The standard InChI is InChI=1S/C20H21FN2O4/c1-26-13-20(25)23-10-4-5-14-8-9-15(11-17(14)23)22-19(24)12-27-18-7-3-2-6-16(18)21/h2-3,6-9,11H,4-5,10,12-13H2,1H3,(H,22,24). The summed E-state index contributed by atoms with van der Waals surface area (Å²) in [6.45, 7) is 0.305. The molecule has 1 aliphatic heterocycles. The van der Waals surface area contributed by atoms with E-state index in [0.29, 0.717) is 12.2 Å². The number of halogens is 1. The Bertz CT molecular complexity index is 840. The fraction of sp³-hybridized carbons (Fsp3) is 0.300. The van der Waals surface area contributed by atoms with Gasteiger partial charge in [0.1, 0.15) is 6.61 Å². The number of methoxy groups -OCH3 is 1. The van der Waals surface area contributed by atoms with Crippen LogP contribution in [0.3, 0.4) is 0 Å². The maximum absolute atomic E-state index is 13.5. The molecule has 0 aliphatic carbocycles. The lowest BCUT2D eigenvalue weighted by molar-refractivity contribution is -0.122. The molecule has 2 aromatic carbocycles. The lowest BCUT2D eigenvalue weighted by atomic mass is 10.0. The highest BCUT2D eigenvalue weighted by molar-refractivity contribution is 5.97. The van der Waals surface area contributed by atoms with Crippen LogP contribution in [-0.2, 0) is 20.7 Å². The van der Waals surface area contributed by atoms with Gasteiger partial charge < -0.3 is 19.7 Å². The first-order chi connectivity index (χ1) is 13.1. The van der Waals surface area contributed by atoms with Gasteiger partial charge in [-0.05, 0) is 42.7 Å². The fourth-order valence-electron chi connectivity index (χ4n) is 3.01. The van der Waals surface area contributed by atoms with Crippen molar-refractivity contribution in [2.75, 3.05) is 37.1 Å². The third kappa shape index (κ3) is 4.62. The smallest absolute Gasteiger partial charge is 0.262 e. The molecule has 0 saturated carbocycles. The summed E-state index contributed by atoms with van der Waals surface area (Å²) in [5, 5.41) is 2.72. The molecule has 0 atom stereocenters. The summed E-state index contributed by atoms with van der Waals surface area (Å²) in [6, 6.07) is 11.3. The first-order valence-corrected chi connectivity index (χ1v) is 8.68. The Morgan fingerprint density at radius 1 is 1.19 bits per heavy atom. The molecule has 0 fully saturated rings. The van der Waals surface area contributed by atoms with Gasteiger partial charge in [-0.3, -0.25) is 9.59 Å². The average Bonchev–Trinajstić information content (AvgIpc) is 2.67. The van der Waals surface area contributed by atoms with Crippen LogP contribution >= 0.6 is 0 Å². The topological polar surface area (TPSA) is 67.9 Å². The normalized spacial score (nSPS) is 13.0. The molecular weight excluding hydrogens is 351 g/mol. The summed E-state index contributed by atoms with van der Waals surface area (Å²) in [5.74, 6) is -1.03. The van der Waals surface area contributed by atoms with Gasteiger partial charge in [0.25, 0.3) is 11.8 Å². The molecule has 7 heteroatoms. The summed E-state index contributed by atoms with van der Waals surface area (Å²) in [6.07, 6.45) is 1.75. The number of rotatable bonds is 6. The molecule has 2 amide bonds. The van der Waals surface area contributed by atoms with Crippen molar-refractivity contribution < 1.29 is 23.5 Å². The van der Waals surface area contributed by atoms with Gasteiger partial charge in [0, 0.05) is 25.0 Å². The van der Waals surface area contributed by atoms with Gasteiger partial charge in [-0.25, -0.2) is 4.39 Å². The second-order valence-corrected chi connectivity index (χ2v) is 6.19. The monoisotopic (exact) mass is 372 g/mol. The Balaban J connectivity index is 1.67. The summed E-state index contributed by atoms with van der Waals surface area (Å²) < 4.78 is 23.7. The third-order valence-corrected chi connectivity index (χ3v) is 4.25. The van der Waals surface area contributed by atoms with E-state index >= 15 is 0 Å². The molecule has 0 bridgehead atoms. The molecule has 6 nitrogen and oxygen atoms in total. The Morgan fingerprint density at radius 3 is 2.78 bits per heavy atom. The van der Waals surface area contributed by atoms with Crippen LogP contribution in [-0.4, -0.2) is 38.7 Å². The predicted molar refractivity (Wildman–Crippen MR) is 99.5 cm³/mol. The van der Waals surface area contributed by atoms with E-state index in [9.17, 15) is 14.0 Å². The first-order valence-electron chi connectivity index (χ1n) is 8.68. The van der Waals surface area contributed by atoms with Crippen molar-refractivity contribution in [1.29, 1.82) is 0 Å². The fourth-order valence-corrected chi connectivity index (χ4v) is 3.01. The van der Waals surface area contributed by atoms with Crippen LogP contribution < -0.4 is 15.0 Å². The number of ether oxygens (including phenoxy) is 2. The molecule has 1 N–H and O–H groups in total. The van der Waals surface area contributed by atoms with Crippen LogP contribution in [0.4, 0.5) is 15.8 Å². The zero-order chi connectivity index (χ0) is 19.2. The van der Waals surface area contributed by atoms with Crippen LogP contribution in [0, 0.1) is 5.82 Å². The maximum Gasteiger partial charge on any atom is 0.262 e. The highest BCUT2D eigenvalue weighted by atomic mass is 19.1. The van der Waals surface area contributed by atoms with Crippen LogP contribution in [0.2, 0.25) is 0 Å². The number of aryl methyl sites for hydroxylation is 1. The van der Waals surface area contributed by atoms with E-state index in [2.05, 4.69) is 5.32 Å². The number of fused-ring (bicyclic) bond motifs is 1.